The SMILES string of the molecule is NC12CCCC1CN(C(=O)c1cc(=O)cc[nH]1)C2. The zero-order valence-corrected chi connectivity index (χ0v) is 10.2. The maximum atomic E-state index is 12.3. The summed E-state index contributed by atoms with van der Waals surface area (Å²) >= 11 is 0. The largest absolute Gasteiger partial charge is 0.357 e. The standard InChI is InChI=1S/C13H17N3O2/c14-13-4-1-2-9(13)7-16(8-13)12(18)11-6-10(17)3-5-15-11/h3,5-6,9H,1-2,4,7-8,14H2,(H,15,17). The number of aromatic nitrogens is 1. The molecule has 0 aromatic carbocycles. The first-order chi connectivity index (χ1) is 8.58. The van der Waals surface area contributed by atoms with E-state index >= 15 is 0 Å². The molecule has 18 heavy (non-hydrogen) atoms. The van der Waals surface area contributed by atoms with Gasteiger partial charge in [0.15, 0.2) is 5.43 Å². The number of carbonyl (C=O) groups excluding carboxylic acids is 1. The Kier molecular flexibility index (Phi) is 2.52. The van der Waals surface area contributed by atoms with Crippen molar-refractivity contribution in [3.63, 3.8) is 0 Å². The summed E-state index contributed by atoms with van der Waals surface area (Å²) in [5, 5.41) is 0. The Hall–Kier alpha value is -1.62. The van der Waals surface area contributed by atoms with Crippen LogP contribution in [0.25, 0.3) is 0 Å². The molecule has 3 rings (SSSR count). The Bertz CT molecular complexity index is 539. The molecule has 2 atom stereocenters. The third kappa shape index (κ3) is 1.75. The van der Waals surface area contributed by atoms with Crippen molar-refractivity contribution in [1.29, 1.82) is 0 Å². The molecule has 1 amide bonds. The lowest BCUT2D eigenvalue weighted by Gasteiger charge is -2.22. The average Bonchev–Trinajstić information content (AvgIpc) is 2.82. The second-order valence-corrected chi connectivity index (χ2v) is 5.45. The van der Waals surface area contributed by atoms with Gasteiger partial charge in [-0.15, -0.1) is 0 Å². The van der Waals surface area contributed by atoms with Gasteiger partial charge in [-0.2, -0.15) is 0 Å². The van der Waals surface area contributed by atoms with Crippen LogP contribution in [-0.2, 0) is 0 Å². The Balaban J connectivity index is 1.81. The average molecular weight is 247 g/mol. The molecule has 1 aromatic rings. The van der Waals surface area contributed by atoms with Crippen LogP contribution in [0.15, 0.2) is 23.1 Å². The van der Waals surface area contributed by atoms with Gasteiger partial charge in [0.2, 0.25) is 0 Å². The number of hydrogen-bond acceptors (Lipinski definition) is 3. The molecule has 2 unspecified atom stereocenters. The molecule has 96 valence electrons. The maximum Gasteiger partial charge on any atom is 0.270 e. The summed E-state index contributed by atoms with van der Waals surface area (Å²) in [5.41, 5.74) is 6.33. The normalized spacial score (nSPS) is 30.5. The summed E-state index contributed by atoms with van der Waals surface area (Å²) in [6, 6.07) is 2.75. The van der Waals surface area contributed by atoms with E-state index in [1.165, 1.54) is 18.3 Å². The van der Waals surface area contributed by atoms with Crippen molar-refractivity contribution in [1.82, 2.24) is 9.88 Å². The molecule has 2 aliphatic rings. The molecule has 1 aliphatic carbocycles. The van der Waals surface area contributed by atoms with Crippen LogP contribution in [0.2, 0.25) is 0 Å². The third-order valence-electron chi connectivity index (χ3n) is 4.22. The zero-order chi connectivity index (χ0) is 12.8. The highest BCUT2D eigenvalue weighted by molar-refractivity contribution is 5.92. The molecular formula is C13H17N3O2. The Morgan fingerprint density at radius 2 is 2.39 bits per heavy atom. The van der Waals surface area contributed by atoms with Gasteiger partial charge in [-0.05, 0) is 18.8 Å². The molecule has 3 N–H and O–H groups in total. The van der Waals surface area contributed by atoms with Crippen molar-refractivity contribution < 1.29 is 4.79 Å². The van der Waals surface area contributed by atoms with E-state index in [2.05, 4.69) is 4.98 Å². The maximum absolute atomic E-state index is 12.3. The highest BCUT2D eigenvalue weighted by Crippen LogP contribution is 2.39. The fourth-order valence-electron chi connectivity index (χ4n) is 3.23. The lowest BCUT2D eigenvalue weighted by Crippen LogP contribution is -2.45. The summed E-state index contributed by atoms with van der Waals surface area (Å²) in [6.07, 6.45) is 4.76. The second-order valence-electron chi connectivity index (χ2n) is 5.45. The van der Waals surface area contributed by atoms with Gasteiger partial charge in [-0.3, -0.25) is 9.59 Å². The van der Waals surface area contributed by atoms with Crippen LogP contribution in [-0.4, -0.2) is 34.4 Å². The molecule has 5 heteroatoms. The first-order valence-corrected chi connectivity index (χ1v) is 6.35. The monoisotopic (exact) mass is 247 g/mol. The van der Waals surface area contributed by atoms with Crippen LogP contribution in [0.5, 0.6) is 0 Å². The minimum Gasteiger partial charge on any atom is -0.357 e. The minimum absolute atomic E-state index is 0.119. The van der Waals surface area contributed by atoms with Gasteiger partial charge in [0.05, 0.1) is 0 Å². The predicted molar refractivity (Wildman–Crippen MR) is 67.2 cm³/mol. The van der Waals surface area contributed by atoms with Crippen LogP contribution < -0.4 is 11.2 Å². The van der Waals surface area contributed by atoms with Crippen LogP contribution in [0.3, 0.4) is 0 Å². The van der Waals surface area contributed by atoms with Gasteiger partial charge in [0.25, 0.3) is 5.91 Å². The van der Waals surface area contributed by atoms with Crippen LogP contribution in [0, 0.1) is 5.92 Å². The van der Waals surface area contributed by atoms with Gasteiger partial charge in [0, 0.05) is 37.0 Å². The molecule has 2 heterocycles. The topological polar surface area (TPSA) is 79.2 Å². The summed E-state index contributed by atoms with van der Waals surface area (Å²) < 4.78 is 0. The summed E-state index contributed by atoms with van der Waals surface area (Å²) in [7, 11) is 0. The Labute approximate surface area is 105 Å². The summed E-state index contributed by atoms with van der Waals surface area (Å²) in [4.78, 5) is 28.1. The number of nitrogens with zero attached hydrogens (tertiary/aromatic N) is 1. The molecule has 0 bridgehead atoms. The van der Waals surface area contributed by atoms with Crippen molar-refractivity contribution in [3.8, 4) is 0 Å². The van der Waals surface area contributed by atoms with Crippen molar-refractivity contribution in [2.75, 3.05) is 13.1 Å². The first kappa shape index (κ1) is 11.5. The highest BCUT2D eigenvalue weighted by Gasteiger charge is 2.48. The summed E-state index contributed by atoms with van der Waals surface area (Å²) in [6.45, 7) is 1.32. The minimum atomic E-state index is -0.204. The number of nitrogens with two attached hydrogens (primary N) is 1. The number of nitrogens with one attached hydrogen (secondary N) is 1. The number of carbonyl (C=O) groups is 1. The number of hydrogen-bond donors (Lipinski definition) is 2. The molecule has 1 saturated heterocycles. The number of aromatic amines is 1. The van der Waals surface area contributed by atoms with Crippen molar-refractivity contribution in [3.05, 3.63) is 34.2 Å². The van der Waals surface area contributed by atoms with Gasteiger partial charge >= 0.3 is 0 Å². The van der Waals surface area contributed by atoms with Gasteiger partial charge < -0.3 is 15.6 Å². The van der Waals surface area contributed by atoms with E-state index in [0.29, 0.717) is 24.7 Å². The van der Waals surface area contributed by atoms with Gasteiger partial charge in [-0.1, -0.05) is 6.42 Å². The molecule has 1 saturated carbocycles. The van der Waals surface area contributed by atoms with E-state index in [0.717, 1.165) is 19.3 Å². The van der Waals surface area contributed by atoms with Crippen LogP contribution >= 0.6 is 0 Å². The van der Waals surface area contributed by atoms with E-state index in [9.17, 15) is 9.59 Å². The van der Waals surface area contributed by atoms with E-state index < -0.39 is 0 Å². The van der Waals surface area contributed by atoms with Crippen molar-refractivity contribution >= 4 is 5.91 Å². The lowest BCUT2D eigenvalue weighted by molar-refractivity contribution is 0.0772. The van der Waals surface area contributed by atoms with Crippen LogP contribution in [0.4, 0.5) is 0 Å². The number of H-pyrrole nitrogens is 1. The third-order valence-corrected chi connectivity index (χ3v) is 4.22. The van der Waals surface area contributed by atoms with E-state index in [-0.39, 0.29) is 16.9 Å². The summed E-state index contributed by atoms with van der Waals surface area (Å²) in [5.74, 6) is 0.295. The highest BCUT2D eigenvalue weighted by atomic mass is 16.2. The molecule has 1 aromatic heterocycles. The van der Waals surface area contributed by atoms with E-state index in [1.54, 1.807) is 4.90 Å². The second kappa shape index (κ2) is 3.95. The van der Waals surface area contributed by atoms with E-state index in [1.807, 2.05) is 0 Å². The van der Waals surface area contributed by atoms with Crippen molar-refractivity contribution in [2.45, 2.75) is 24.8 Å². The van der Waals surface area contributed by atoms with Gasteiger partial charge in [-0.25, -0.2) is 0 Å². The smallest absolute Gasteiger partial charge is 0.270 e. The number of fused-ring (bicyclic) bond motifs is 1. The van der Waals surface area contributed by atoms with E-state index in [4.69, 9.17) is 5.73 Å². The fraction of sp³-hybridized carbons (Fsp3) is 0.538. The Morgan fingerprint density at radius 1 is 1.56 bits per heavy atom. The molecular weight excluding hydrogens is 230 g/mol. The molecule has 0 radical (unpaired) electrons. The lowest BCUT2D eigenvalue weighted by atomic mass is 9.92. The van der Waals surface area contributed by atoms with Gasteiger partial charge in [0.1, 0.15) is 5.69 Å². The zero-order valence-electron chi connectivity index (χ0n) is 10.2. The first-order valence-electron chi connectivity index (χ1n) is 6.35. The predicted octanol–water partition coefficient (Wildman–Crippen LogP) is 0.328. The number of likely N-dealkylation sites (tertiary alicyclic amines) is 1. The van der Waals surface area contributed by atoms with Crippen molar-refractivity contribution in [2.24, 2.45) is 11.7 Å². The fourth-order valence-corrected chi connectivity index (χ4v) is 3.23. The number of amides is 1. The number of rotatable bonds is 1. The number of pyridine rings is 1. The molecule has 2 fully saturated rings. The quantitative estimate of drug-likeness (QED) is 0.750. The molecule has 5 nitrogen and oxygen atoms in total. The molecule has 0 spiro atoms. The van der Waals surface area contributed by atoms with Crippen LogP contribution in [0.1, 0.15) is 29.8 Å². The molecule has 1 aliphatic heterocycles. The Morgan fingerprint density at radius 3 is 3.11 bits per heavy atom.